The van der Waals surface area contributed by atoms with Crippen molar-refractivity contribution in [2.75, 3.05) is 6.54 Å². The number of amides is 2. The van der Waals surface area contributed by atoms with Crippen LogP contribution in [0.5, 0.6) is 11.6 Å². The molecule has 3 rings (SSSR count). The molecule has 1 aliphatic rings. The maximum atomic E-state index is 12.5. The van der Waals surface area contributed by atoms with Crippen LogP contribution in [0.4, 0.5) is 10.5 Å². The second-order valence-corrected chi connectivity index (χ2v) is 7.75. The number of rotatable bonds is 8. The zero-order chi connectivity index (χ0) is 23.3. The molecule has 0 unspecified atom stereocenters. The SMILES string of the molecule is CC[C@H](C)OC(=O)CN1C(=O)S/C(=C\c2ccc(Oc3ccc([N+](=O)[O-])cn3)cc2)C1=O. The first-order chi connectivity index (χ1) is 15.3. The Hall–Kier alpha value is -3.73. The number of thioether (sulfide) groups is 1. The van der Waals surface area contributed by atoms with Gasteiger partial charge >= 0.3 is 5.97 Å². The van der Waals surface area contributed by atoms with Crippen LogP contribution >= 0.6 is 11.8 Å². The third-order valence-corrected chi connectivity index (χ3v) is 5.31. The van der Waals surface area contributed by atoms with Crippen LogP contribution < -0.4 is 4.74 Å². The monoisotopic (exact) mass is 457 g/mol. The van der Waals surface area contributed by atoms with E-state index >= 15 is 0 Å². The standard InChI is InChI=1S/C21H19N3O7S/c1-3-13(2)30-19(25)12-23-20(26)17(32-21(23)27)10-14-4-7-16(8-5-14)31-18-9-6-15(11-22-18)24(28)29/h4-11,13H,3,12H2,1-2H3/b17-10-/t13-/m0/s1. The van der Waals surface area contributed by atoms with Crippen molar-refractivity contribution < 1.29 is 28.8 Å². The van der Waals surface area contributed by atoms with Gasteiger partial charge in [0.1, 0.15) is 18.5 Å². The molecule has 1 atom stereocenters. The summed E-state index contributed by atoms with van der Waals surface area (Å²) < 4.78 is 10.7. The van der Waals surface area contributed by atoms with Gasteiger partial charge in [-0.05, 0) is 48.9 Å². The van der Waals surface area contributed by atoms with Gasteiger partial charge in [0.25, 0.3) is 16.8 Å². The van der Waals surface area contributed by atoms with Gasteiger partial charge in [-0.25, -0.2) is 4.98 Å². The average molecular weight is 457 g/mol. The van der Waals surface area contributed by atoms with Crippen molar-refractivity contribution in [2.45, 2.75) is 26.4 Å². The zero-order valence-electron chi connectivity index (χ0n) is 17.2. The van der Waals surface area contributed by atoms with Crippen LogP contribution in [0.1, 0.15) is 25.8 Å². The van der Waals surface area contributed by atoms with Crippen molar-refractivity contribution in [3.05, 3.63) is 63.2 Å². The number of hydrogen-bond acceptors (Lipinski definition) is 9. The van der Waals surface area contributed by atoms with Crippen molar-refractivity contribution in [2.24, 2.45) is 0 Å². The van der Waals surface area contributed by atoms with E-state index in [4.69, 9.17) is 9.47 Å². The number of aromatic nitrogens is 1. The van der Waals surface area contributed by atoms with E-state index in [0.717, 1.165) is 22.9 Å². The second kappa shape index (κ2) is 10.1. The zero-order valence-corrected chi connectivity index (χ0v) is 18.0. The van der Waals surface area contributed by atoms with Crippen molar-refractivity contribution in [1.82, 2.24) is 9.88 Å². The summed E-state index contributed by atoms with van der Waals surface area (Å²) in [6.07, 6.45) is 2.98. The molecule has 10 nitrogen and oxygen atoms in total. The summed E-state index contributed by atoms with van der Waals surface area (Å²) in [4.78, 5) is 51.6. The highest BCUT2D eigenvalue weighted by Gasteiger charge is 2.36. The summed E-state index contributed by atoms with van der Waals surface area (Å²) in [5.41, 5.74) is 0.497. The molecule has 0 N–H and O–H groups in total. The van der Waals surface area contributed by atoms with Crippen molar-refractivity contribution in [1.29, 1.82) is 0 Å². The third-order valence-electron chi connectivity index (χ3n) is 4.40. The fourth-order valence-electron chi connectivity index (χ4n) is 2.56. The van der Waals surface area contributed by atoms with Crippen LogP contribution in [0.15, 0.2) is 47.5 Å². The maximum Gasteiger partial charge on any atom is 0.326 e. The lowest BCUT2D eigenvalue weighted by molar-refractivity contribution is -0.385. The van der Waals surface area contributed by atoms with Gasteiger partial charge in [-0.2, -0.15) is 0 Å². The lowest BCUT2D eigenvalue weighted by Crippen LogP contribution is -2.35. The number of ether oxygens (including phenoxy) is 2. The molecule has 1 fully saturated rings. The summed E-state index contributed by atoms with van der Waals surface area (Å²) in [5.74, 6) is -0.570. The number of pyridine rings is 1. The molecule has 1 aromatic carbocycles. The summed E-state index contributed by atoms with van der Waals surface area (Å²) in [6.45, 7) is 3.16. The van der Waals surface area contributed by atoms with E-state index in [0.29, 0.717) is 17.7 Å². The molecule has 0 bridgehead atoms. The van der Waals surface area contributed by atoms with E-state index in [1.807, 2.05) is 6.92 Å². The van der Waals surface area contributed by atoms with E-state index in [-0.39, 0.29) is 22.6 Å². The Morgan fingerprint density at radius 2 is 1.97 bits per heavy atom. The van der Waals surface area contributed by atoms with E-state index in [1.165, 1.54) is 12.1 Å². The highest BCUT2D eigenvalue weighted by Crippen LogP contribution is 2.32. The third kappa shape index (κ3) is 5.70. The molecule has 2 aromatic rings. The summed E-state index contributed by atoms with van der Waals surface area (Å²) >= 11 is 0.748. The molecule has 2 amide bonds. The van der Waals surface area contributed by atoms with Gasteiger partial charge in [-0.3, -0.25) is 29.4 Å². The van der Waals surface area contributed by atoms with Crippen LogP contribution in [0, 0.1) is 10.1 Å². The van der Waals surface area contributed by atoms with Crippen LogP contribution in [-0.2, 0) is 14.3 Å². The van der Waals surface area contributed by atoms with Crippen molar-refractivity contribution in [3.8, 4) is 11.6 Å². The van der Waals surface area contributed by atoms with Gasteiger partial charge < -0.3 is 9.47 Å². The topological polar surface area (TPSA) is 129 Å². The average Bonchev–Trinajstić information content (AvgIpc) is 3.02. The molecule has 0 spiro atoms. The number of carbonyl (C=O) groups is 3. The molecule has 11 heteroatoms. The number of hydrogen-bond donors (Lipinski definition) is 0. The highest BCUT2D eigenvalue weighted by molar-refractivity contribution is 8.18. The van der Waals surface area contributed by atoms with Gasteiger partial charge in [0.15, 0.2) is 0 Å². The predicted octanol–water partition coefficient (Wildman–Crippen LogP) is 4.16. The molecule has 0 aliphatic carbocycles. The van der Waals surface area contributed by atoms with Gasteiger partial charge in [0, 0.05) is 12.1 Å². The first-order valence-corrected chi connectivity index (χ1v) is 10.4. The Kier molecular flexibility index (Phi) is 7.21. The lowest BCUT2D eigenvalue weighted by atomic mass is 10.2. The lowest BCUT2D eigenvalue weighted by Gasteiger charge is -2.14. The molecule has 0 radical (unpaired) electrons. The Morgan fingerprint density at radius 1 is 1.25 bits per heavy atom. The molecule has 0 saturated carbocycles. The number of esters is 1. The van der Waals surface area contributed by atoms with Gasteiger partial charge in [0.05, 0.1) is 15.9 Å². The van der Waals surface area contributed by atoms with Gasteiger partial charge in [-0.15, -0.1) is 0 Å². The highest BCUT2D eigenvalue weighted by atomic mass is 32.2. The molecule has 1 saturated heterocycles. The first kappa shape index (κ1) is 22.9. The van der Waals surface area contributed by atoms with E-state index in [9.17, 15) is 24.5 Å². The molecule has 1 aromatic heterocycles. The van der Waals surface area contributed by atoms with Crippen molar-refractivity contribution in [3.63, 3.8) is 0 Å². The molecule has 32 heavy (non-hydrogen) atoms. The Morgan fingerprint density at radius 3 is 2.56 bits per heavy atom. The maximum absolute atomic E-state index is 12.5. The van der Waals surface area contributed by atoms with Gasteiger partial charge in [0.2, 0.25) is 5.88 Å². The predicted molar refractivity (Wildman–Crippen MR) is 116 cm³/mol. The quantitative estimate of drug-likeness (QED) is 0.248. The fraction of sp³-hybridized carbons (Fsp3) is 0.238. The fourth-order valence-corrected chi connectivity index (χ4v) is 3.39. The number of benzene rings is 1. The van der Waals surface area contributed by atoms with Gasteiger partial charge in [-0.1, -0.05) is 19.1 Å². The van der Waals surface area contributed by atoms with Crippen LogP contribution in [0.3, 0.4) is 0 Å². The number of nitrogens with zero attached hydrogens (tertiary/aromatic N) is 3. The van der Waals surface area contributed by atoms with Crippen LogP contribution in [0.25, 0.3) is 6.08 Å². The largest absolute Gasteiger partial charge is 0.461 e. The Labute approximate surface area is 187 Å². The first-order valence-electron chi connectivity index (χ1n) is 9.60. The second-order valence-electron chi connectivity index (χ2n) is 6.76. The number of imide groups is 1. The smallest absolute Gasteiger partial charge is 0.326 e. The Balaban J connectivity index is 1.64. The number of nitro groups is 1. The minimum Gasteiger partial charge on any atom is -0.461 e. The molecular weight excluding hydrogens is 438 g/mol. The molecule has 1 aliphatic heterocycles. The molecule has 2 heterocycles. The van der Waals surface area contributed by atoms with Crippen LogP contribution in [-0.4, -0.2) is 44.6 Å². The van der Waals surface area contributed by atoms with E-state index in [2.05, 4.69) is 4.98 Å². The summed E-state index contributed by atoms with van der Waals surface area (Å²) in [7, 11) is 0. The minimum atomic E-state index is -0.635. The minimum absolute atomic E-state index is 0.144. The van der Waals surface area contributed by atoms with Crippen molar-refractivity contribution >= 4 is 40.6 Å². The number of carbonyl (C=O) groups excluding carboxylic acids is 3. The summed E-state index contributed by atoms with van der Waals surface area (Å²) in [6, 6.07) is 9.27. The van der Waals surface area contributed by atoms with E-state index in [1.54, 1.807) is 37.3 Å². The molecule has 166 valence electrons. The van der Waals surface area contributed by atoms with Crippen LogP contribution in [0.2, 0.25) is 0 Å². The normalized spacial score (nSPS) is 15.7. The molecular formula is C21H19N3O7S. The Bertz CT molecular complexity index is 1070. The summed E-state index contributed by atoms with van der Waals surface area (Å²) in [5, 5.41) is 10.1. The van der Waals surface area contributed by atoms with E-state index < -0.39 is 28.6 Å².